The number of fused-ring (bicyclic) bond motifs is 1. The third-order valence-electron chi connectivity index (χ3n) is 3.72. The zero-order valence-electron chi connectivity index (χ0n) is 13.1. The summed E-state index contributed by atoms with van der Waals surface area (Å²) >= 11 is 12.1. The quantitative estimate of drug-likeness (QED) is 0.573. The smallest absolute Gasteiger partial charge is 0.328 e. The lowest BCUT2D eigenvalue weighted by molar-refractivity contribution is -0.131. The Bertz CT molecular complexity index is 964. The van der Waals surface area contributed by atoms with Crippen LogP contribution in [0, 0.1) is 0 Å². The number of carbonyl (C=O) groups is 1. The van der Waals surface area contributed by atoms with E-state index in [1.54, 1.807) is 24.3 Å². The Morgan fingerprint density at radius 2 is 1.88 bits per heavy atom. The summed E-state index contributed by atoms with van der Waals surface area (Å²) in [4.78, 5) is 10.9. The van der Waals surface area contributed by atoms with Gasteiger partial charge in [0.2, 0.25) is 0 Å². The van der Waals surface area contributed by atoms with Crippen LogP contribution in [0.15, 0.2) is 60.7 Å². The topological polar surface area (TPSA) is 46.5 Å². The number of ether oxygens (including phenoxy) is 1. The third-order valence-corrected chi connectivity index (χ3v) is 4.31. The summed E-state index contributed by atoms with van der Waals surface area (Å²) in [6.07, 6.45) is 2.65. The van der Waals surface area contributed by atoms with Crippen molar-refractivity contribution < 1.29 is 14.6 Å². The van der Waals surface area contributed by atoms with Crippen molar-refractivity contribution in [2.24, 2.45) is 0 Å². The van der Waals surface area contributed by atoms with Crippen molar-refractivity contribution >= 4 is 46.0 Å². The van der Waals surface area contributed by atoms with E-state index in [-0.39, 0.29) is 6.61 Å². The second-order valence-corrected chi connectivity index (χ2v) is 6.24. The van der Waals surface area contributed by atoms with Crippen molar-refractivity contribution in [3.05, 3.63) is 81.8 Å². The maximum atomic E-state index is 10.9. The summed E-state index contributed by atoms with van der Waals surface area (Å²) < 4.78 is 5.91. The SMILES string of the molecule is O=C(O)C=Cc1c(OCc2ccc(Cl)cc2Cl)ccc2ccccc12. The Morgan fingerprint density at radius 1 is 1.08 bits per heavy atom. The van der Waals surface area contributed by atoms with E-state index >= 15 is 0 Å². The number of carboxylic acids is 1. The fraction of sp³-hybridized carbons (Fsp3) is 0.0500. The van der Waals surface area contributed by atoms with E-state index in [2.05, 4.69) is 0 Å². The van der Waals surface area contributed by atoms with Crippen LogP contribution in [0.25, 0.3) is 16.8 Å². The molecule has 0 fully saturated rings. The van der Waals surface area contributed by atoms with Gasteiger partial charge in [0.25, 0.3) is 0 Å². The molecule has 0 aliphatic rings. The van der Waals surface area contributed by atoms with Gasteiger partial charge in [0.1, 0.15) is 12.4 Å². The van der Waals surface area contributed by atoms with E-state index < -0.39 is 5.97 Å². The number of hydrogen-bond donors (Lipinski definition) is 1. The number of aliphatic carboxylic acids is 1. The molecule has 0 aromatic heterocycles. The zero-order valence-corrected chi connectivity index (χ0v) is 14.6. The molecule has 0 atom stereocenters. The summed E-state index contributed by atoms with van der Waals surface area (Å²) in [5.74, 6) is -0.429. The number of carboxylic acid groups (broad SMARTS) is 1. The molecule has 0 aliphatic heterocycles. The van der Waals surface area contributed by atoms with Crippen LogP contribution in [0.3, 0.4) is 0 Å². The molecule has 0 bridgehead atoms. The molecule has 0 aliphatic carbocycles. The molecule has 1 N–H and O–H groups in total. The van der Waals surface area contributed by atoms with Gasteiger partial charge in [0.15, 0.2) is 0 Å². The number of halogens is 2. The lowest BCUT2D eigenvalue weighted by Gasteiger charge is -2.13. The molecule has 5 heteroatoms. The van der Waals surface area contributed by atoms with Gasteiger partial charge in [-0.1, -0.05) is 59.6 Å². The highest BCUT2D eigenvalue weighted by Crippen LogP contribution is 2.31. The van der Waals surface area contributed by atoms with Crippen LogP contribution in [-0.4, -0.2) is 11.1 Å². The standard InChI is InChI=1S/C20H14Cl2O3/c21-15-7-5-14(18(22)11-15)12-25-19-9-6-13-3-1-2-4-16(13)17(19)8-10-20(23)24/h1-11H,12H2,(H,23,24). The first kappa shape index (κ1) is 17.3. The highest BCUT2D eigenvalue weighted by atomic mass is 35.5. The lowest BCUT2D eigenvalue weighted by Crippen LogP contribution is -1.98. The van der Waals surface area contributed by atoms with Crippen LogP contribution < -0.4 is 4.74 Å². The van der Waals surface area contributed by atoms with E-state index in [1.165, 1.54) is 0 Å². The fourth-order valence-electron chi connectivity index (χ4n) is 2.52. The van der Waals surface area contributed by atoms with Crippen molar-refractivity contribution in [2.75, 3.05) is 0 Å². The molecule has 0 amide bonds. The predicted octanol–water partition coefficient (Wildman–Crippen LogP) is 5.82. The molecular formula is C20H14Cl2O3. The van der Waals surface area contributed by atoms with E-state index in [9.17, 15) is 4.79 Å². The first-order valence-electron chi connectivity index (χ1n) is 7.54. The van der Waals surface area contributed by atoms with Crippen LogP contribution in [-0.2, 0) is 11.4 Å². The molecule has 0 saturated carbocycles. The molecule has 126 valence electrons. The minimum atomic E-state index is -1.01. The minimum Gasteiger partial charge on any atom is -0.488 e. The van der Waals surface area contributed by atoms with Gasteiger partial charge in [-0.05, 0) is 35.0 Å². The van der Waals surface area contributed by atoms with Crippen LogP contribution in [0.1, 0.15) is 11.1 Å². The van der Waals surface area contributed by atoms with Gasteiger partial charge in [-0.25, -0.2) is 4.79 Å². The average molecular weight is 373 g/mol. The molecule has 0 heterocycles. The highest BCUT2D eigenvalue weighted by Gasteiger charge is 2.09. The third kappa shape index (κ3) is 4.13. The summed E-state index contributed by atoms with van der Waals surface area (Å²) in [5.41, 5.74) is 1.51. The monoisotopic (exact) mass is 372 g/mol. The number of benzene rings is 3. The van der Waals surface area contributed by atoms with Crippen LogP contribution in [0.2, 0.25) is 10.0 Å². The second-order valence-electron chi connectivity index (χ2n) is 5.39. The van der Waals surface area contributed by atoms with Crippen molar-refractivity contribution in [3.8, 4) is 5.75 Å². The zero-order chi connectivity index (χ0) is 17.8. The first-order chi connectivity index (χ1) is 12.0. The Morgan fingerprint density at radius 3 is 2.64 bits per heavy atom. The van der Waals surface area contributed by atoms with Gasteiger partial charge in [0, 0.05) is 27.2 Å². The normalized spacial score (nSPS) is 11.1. The Kier molecular flexibility index (Phi) is 5.27. The van der Waals surface area contributed by atoms with Gasteiger partial charge < -0.3 is 9.84 Å². The molecule has 0 radical (unpaired) electrons. The summed E-state index contributed by atoms with van der Waals surface area (Å²) in [6, 6.07) is 16.7. The Hall–Kier alpha value is -2.49. The van der Waals surface area contributed by atoms with Gasteiger partial charge in [-0.3, -0.25) is 0 Å². The first-order valence-corrected chi connectivity index (χ1v) is 8.29. The molecule has 3 aromatic rings. The summed E-state index contributed by atoms with van der Waals surface area (Å²) in [7, 11) is 0. The molecule has 3 nitrogen and oxygen atoms in total. The molecule has 0 spiro atoms. The Balaban J connectivity index is 1.97. The number of hydrogen-bond acceptors (Lipinski definition) is 2. The second kappa shape index (κ2) is 7.60. The van der Waals surface area contributed by atoms with Crippen LogP contribution >= 0.6 is 23.2 Å². The van der Waals surface area contributed by atoms with Gasteiger partial charge in [0.05, 0.1) is 0 Å². The summed E-state index contributed by atoms with van der Waals surface area (Å²) in [6.45, 7) is 0.252. The minimum absolute atomic E-state index is 0.252. The summed E-state index contributed by atoms with van der Waals surface area (Å²) in [5, 5.41) is 12.0. The van der Waals surface area contributed by atoms with E-state index in [1.807, 2.05) is 36.4 Å². The average Bonchev–Trinajstić information content (AvgIpc) is 2.59. The molecule has 25 heavy (non-hydrogen) atoms. The fourth-order valence-corrected chi connectivity index (χ4v) is 2.99. The van der Waals surface area contributed by atoms with Gasteiger partial charge in [-0.2, -0.15) is 0 Å². The van der Waals surface area contributed by atoms with E-state index in [0.29, 0.717) is 21.4 Å². The molecule has 0 saturated heterocycles. The van der Waals surface area contributed by atoms with Crippen LogP contribution in [0.4, 0.5) is 0 Å². The van der Waals surface area contributed by atoms with Crippen LogP contribution in [0.5, 0.6) is 5.75 Å². The van der Waals surface area contributed by atoms with Gasteiger partial charge >= 0.3 is 5.97 Å². The van der Waals surface area contributed by atoms with Crippen molar-refractivity contribution in [3.63, 3.8) is 0 Å². The molecular weight excluding hydrogens is 359 g/mol. The highest BCUT2D eigenvalue weighted by molar-refractivity contribution is 6.35. The van der Waals surface area contributed by atoms with Crippen molar-refractivity contribution in [1.29, 1.82) is 0 Å². The largest absolute Gasteiger partial charge is 0.488 e. The maximum Gasteiger partial charge on any atom is 0.328 e. The van der Waals surface area contributed by atoms with Gasteiger partial charge in [-0.15, -0.1) is 0 Å². The van der Waals surface area contributed by atoms with E-state index in [0.717, 1.165) is 22.4 Å². The molecule has 0 unspecified atom stereocenters. The van der Waals surface area contributed by atoms with E-state index in [4.69, 9.17) is 33.0 Å². The molecule has 3 rings (SSSR count). The molecule has 3 aromatic carbocycles. The maximum absolute atomic E-state index is 10.9. The lowest BCUT2D eigenvalue weighted by atomic mass is 10.0. The Labute approximate surface area is 155 Å². The van der Waals surface area contributed by atoms with Crippen molar-refractivity contribution in [2.45, 2.75) is 6.61 Å². The predicted molar refractivity (Wildman–Crippen MR) is 101 cm³/mol. The van der Waals surface area contributed by atoms with Crippen molar-refractivity contribution in [1.82, 2.24) is 0 Å². The number of rotatable bonds is 5.